The van der Waals surface area contributed by atoms with Gasteiger partial charge in [0.2, 0.25) is 11.7 Å². The minimum absolute atomic E-state index is 0.0519. The van der Waals surface area contributed by atoms with Crippen LogP contribution in [0.3, 0.4) is 0 Å². The summed E-state index contributed by atoms with van der Waals surface area (Å²) in [6.45, 7) is 3.40. The van der Waals surface area contributed by atoms with E-state index in [2.05, 4.69) is 14.7 Å². The Morgan fingerprint density at radius 2 is 2.32 bits per heavy atom. The molecule has 0 fully saturated rings. The highest BCUT2D eigenvalue weighted by Crippen LogP contribution is 2.31. The Labute approximate surface area is 111 Å². The Morgan fingerprint density at radius 3 is 2.84 bits per heavy atom. The van der Waals surface area contributed by atoms with E-state index >= 15 is 0 Å². The number of rotatable bonds is 4. The van der Waals surface area contributed by atoms with E-state index in [4.69, 9.17) is 4.42 Å². The van der Waals surface area contributed by atoms with Crippen molar-refractivity contribution in [2.75, 3.05) is 6.61 Å². The van der Waals surface area contributed by atoms with Crippen molar-refractivity contribution in [1.29, 1.82) is 0 Å². The molecule has 102 valence electrons. The smallest absolute Gasteiger partial charge is 0.376 e. The Hall–Kier alpha value is -1.83. The highest BCUT2D eigenvalue weighted by molar-refractivity contribution is 7.14. The molecular formula is C11H10F2N2O3S. The number of carbonyl (C=O) groups excluding carboxylic acids is 1. The first-order valence-electron chi connectivity index (χ1n) is 5.41. The van der Waals surface area contributed by atoms with E-state index in [-0.39, 0.29) is 12.5 Å². The number of nitrogens with zero attached hydrogens (tertiary/aromatic N) is 2. The molecule has 0 aliphatic carbocycles. The first-order chi connectivity index (χ1) is 9.02. The predicted octanol–water partition coefficient (Wildman–Crippen LogP) is 3.22. The van der Waals surface area contributed by atoms with Gasteiger partial charge in [-0.05, 0) is 13.8 Å². The third-order valence-corrected chi connectivity index (χ3v) is 3.05. The minimum Gasteiger partial charge on any atom is -0.460 e. The molecule has 2 rings (SSSR count). The molecule has 2 aromatic rings. The third-order valence-electron chi connectivity index (χ3n) is 2.15. The largest absolute Gasteiger partial charge is 0.460 e. The van der Waals surface area contributed by atoms with Crippen molar-refractivity contribution in [2.45, 2.75) is 20.3 Å². The Morgan fingerprint density at radius 1 is 1.58 bits per heavy atom. The van der Waals surface area contributed by atoms with Crippen molar-refractivity contribution in [1.82, 2.24) is 9.97 Å². The van der Waals surface area contributed by atoms with Crippen LogP contribution in [0.1, 0.15) is 34.6 Å². The molecule has 2 heterocycles. The fourth-order valence-corrected chi connectivity index (χ4v) is 2.09. The molecule has 0 atom stereocenters. The highest BCUT2D eigenvalue weighted by Gasteiger charge is 2.28. The molecule has 0 unspecified atom stereocenters. The summed E-state index contributed by atoms with van der Waals surface area (Å²) in [6, 6.07) is 0. The molecular weight excluding hydrogens is 278 g/mol. The maximum atomic E-state index is 12.8. The van der Waals surface area contributed by atoms with Crippen LogP contribution < -0.4 is 0 Å². The average molecular weight is 288 g/mol. The molecule has 0 bridgehead atoms. The van der Waals surface area contributed by atoms with Crippen molar-refractivity contribution < 1.29 is 22.7 Å². The number of aryl methyl sites for hydroxylation is 1. The van der Waals surface area contributed by atoms with Crippen LogP contribution in [0.2, 0.25) is 0 Å². The second-order valence-corrected chi connectivity index (χ2v) is 4.73. The van der Waals surface area contributed by atoms with Crippen LogP contribution in [-0.2, 0) is 4.74 Å². The number of ether oxygens (including phenoxy) is 1. The van der Waals surface area contributed by atoms with Gasteiger partial charge < -0.3 is 9.15 Å². The van der Waals surface area contributed by atoms with E-state index < -0.39 is 23.8 Å². The van der Waals surface area contributed by atoms with Crippen molar-refractivity contribution in [3.05, 3.63) is 22.7 Å². The van der Waals surface area contributed by atoms with Gasteiger partial charge in [-0.25, -0.2) is 23.5 Å². The molecule has 0 aromatic carbocycles. The van der Waals surface area contributed by atoms with Gasteiger partial charge in [0.15, 0.2) is 5.69 Å². The molecule has 2 aromatic heterocycles. The summed E-state index contributed by atoms with van der Waals surface area (Å²) >= 11 is 1.24. The number of oxazole rings is 1. The van der Waals surface area contributed by atoms with Gasteiger partial charge in [0, 0.05) is 0 Å². The second kappa shape index (κ2) is 5.43. The lowest BCUT2D eigenvalue weighted by Gasteiger charge is -1.99. The molecule has 0 spiro atoms. The fourth-order valence-electron chi connectivity index (χ4n) is 1.39. The second-order valence-electron chi connectivity index (χ2n) is 3.50. The zero-order valence-corrected chi connectivity index (χ0v) is 11.0. The molecule has 0 saturated heterocycles. The van der Waals surface area contributed by atoms with Crippen LogP contribution in [0.15, 0.2) is 10.6 Å². The van der Waals surface area contributed by atoms with Gasteiger partial charge >= 0.3 is 5.97 Å². The van der Waals surface area contributed by atoms with Crippen LogP contribution in [0, 0.1) is 6.92 Å². The Kier molecular flexibility index (Phi) is 3.89. The third kappa shape index (κ3) is 2.78. The molecule has 19 heavy (non-hydrogen) atoms. The number of halogens is 2. The van der Waals surface area contributed by atoms with Gasteiger partial charge in [0.1, 0.15) is 4.88 Å². The SMILES string of the molecule is CCOC(=O)c1oc(-c2cnc(C)s2)nc1C(F)F. The number of alkyl halides is 2. The molecule has 5 nitrogen and oxygen atoms in total. The molecule has 0 amide bonds. The minimum atomic E-state index is -2.91. The lowest BCUT2D eigenvalue weighted by atomic mass is 10.3. The quantitative estimate of drug-likeness (QED) is 0.808. The average Bonchev–Trinajstić information content (AvgIpc) is 2.94. The molecule has 0 aliphatic heterocycles. The van der Waals surface area contributed by atoms with Crippen LogP contribution in [-0.4, -0.2) is 22.5 Å². The van der Waals surface area contributed by atoms with Gasteiger partial charge in [-0.1, -0.05) is 0 Å². The first-order valence-corrected chi connectivity index (χ1v) is 6.23. The summed E-state index contributed by atoms with van der Waals surface area (Å²) < 4.78 is 35.4. The summed E-state index contributed by atoms with van der Waals surface area (Å²) in [4.78, 5) is 19.6. The number of hydrogen-bond donors (Lipinski definition) is 0. The van der Waals surface area contributed by atoms with E-state index in [1.807, 2.05) is 0 Å². The summed E-state index contributed by atoms with van der Waals surface area (Å²) in [5.41, 5.74) is -0.709. The van der Waals surface area contributed by atoms with Crippen LogP contribution in [0.5, 0.6) is 0 Å². The number of hydrogen-bond acceptors (Lipinski definition) is 6. The monoisotopic (exact) mass is 288 g/mol. The zero-order chi connectivity index (χ0) is 14.0. The number of esters is 1. The summed E-state index contributed by atoms with van der Waals surface area (Å²) in [7, 11) is 0. The fraction of sp³-hybridized carbons (Fsp3) is 0.364. The van der Waals surface area contributed by atoms with Crippen molar-refractivity contribution in [3.63, 3.8) is 0 Å². The van der Waals surface area contributed by atoms with Crippen molar-refractivity contribution >= 4 is 17.3 Å². The van der Waals surface area contributed by atoms with Gasteiger partial charge in [-0.15, -0.1) is 11.3 Å². The maximum absolute atomic E-state index is 12.8. The molecule has 0 radical (unpaired) electrons. The van der Waals surface area contributed by atoms with Gasteiger partial charge in [0.05, 0.1) is 17.8 Å². The van der Waals surface area contributed by atoms with Crippen molar-refractivity contribution in [3.8, 4) is 10.8 Å². The molecule has 0 aliphatic rings. The highest BCUT2D eigenvalue weighted by atomic mass is 32.1. The van der Waals surface area contributed by atoms with E-state index in [9.17, 15) is 13.6 Å². The van der Waals surface area contributed by atoms with E-state index in [0.717, 1.165) is 5.01 Å². The number of carbonyl (C=O) groups is 1. The zero-order valence-electron chi connectivity index (χ0n) is 10.1. The summed E-state index contributed by atoms with van der Waals surface area (Å²) in [6.07, 6.45) is -1.46. The standard InChI is InChI=1S/C11H10F2N2O3S/c1-3-17-11(16)8-7(9(12)13)15-10(18-8)6-4-14-5(2)19-6/h4,9H,3H2,1-2H3. The summed E-state index contributed by atoms with van der Waals surface area (Å²) in [5, 5.41) is 0.740. The Balaban J connectivity index is 2.43. The normalized spacial score (nSPS) is 11.0. The van der Waals surface area contributed by atoms with E-state index in [1.165, 1.54) is 17.5 Å². The van der Waals surface area contributed by atoms with Gasteiger partial charge in [0.25, 0.3) is 6.43 Å². The van der Waals surface area contributed by atoms with Gasteiger partial charge in [-0.2, -0.15) is 0 Å². The van der Waals surface area contributed by atoms with E-state index in [1.54, 1.807) is 13.8 Å². The first kappa shape index (κ1) is 13.6. The maximum Gasteiger partial charge on any atom is 0.376 e. The van der Waals surface area contributed by atoms with E-state index in [0.29, 0.717) is 4.88 Å². The predicted molar refractivity (Wildman–Crippen MR) is 63.3 cm³/mol. The topological polar surface area (TPSA) is 65.2 Å². The van der Waals surface area contributed by atoms with Crippen LogP contribution in [0.4, 0.5) is 8.78 Å². The number of aromatic nitrogens is 2. The summed E-state index contributed by atoms with van der Waals surface area (Å²) in [5.74, 6) is -1.56. The lowest BCUT2D eigenvalue weighted by molar-refractivity contribution is 0.0476. The lowest BCUT2D eigenvalue weighted by Crippen LogP contribution is -2.06. The number of thiazole rings is 1. The molecule has 0 N–H and O–H groups in total. The Bertz CT molecular complexity index is 595. The van der Waals surface area contributed by atoms with Crippen LogP contribution in [0.25, 0.3) is 10.8 Å². The van der Waals surface area contributed by atoms with Gasteiger partial charge in [-0.3, -0.25) is 0 Å². The van der Waals surface area contributed by atoms with Crippen LogP contribution >= 0.6 is 11.3 Å². The van der Waals surface area contributed by atoms with Crippen molar-refractivity contribution in [2.24, 2.45) is 0 Å². The molecule has 0 saturated carbocycles. The molecule has 8 heteroatoms.